The lowest BCUT2D eigenvalue weighted by Crippen LogP contribution is -2.36. The lowest BCUT2D eigenvalue weighted by molar-refractivity contribution is 0.691. The molecule has 0 amide bonds. The zero-order chi connectivity index (χ0) is 10.7. The first-order chi connectivity index (χ1) is 7.27. The zero-order valence-corrected chi connectivity index (χ0v) is 7.88. The van der Waals surface area contributed by atoms with E-state index in [1.165, 1.54) is 10.9 Å². The van der Waals surface area contributed by atoms with Crippen LogP contribution < -0.4 is 11.1 Å². The number of aromatic amines is 1. The van der Waals surface area contributed by atoms with Gasteiger partial charge in [-0.3, -0.25) is 14.2 Å². The van der Waals surface area contributed by atoms with Crippen LogP contribution in [0.5, 0.6) is 0 Å². The molecule has 0 spiro atoms. The second-order valence-corrected chi connectivity index (χ2v) is 3.10. The van der Waals surface area contributed by atoms with Gasteiger partial charge in [-0.05, 0) is 5.56 Å². The van der Waals surface area contributed by atoms with Crippen molar-refractivity contribution in [1.82, 2.24) is 14.8 Å². The molecule has 5 heteroatoms. The SMILES string of the molecule is O=c1[nH]ncn(Cc2ccccc2)c1=O. The molecule has 0 atom stereocenters. The van der Waals surface area contributed by atoms with Crippen molar-refractivity contribution in [2.24, 2.45) is 0 Å². The Balaban J connectivity index is 2.38. The van der Waals surface area contributed by atoms with Gasteiger partial charge in [0.05, 0.1) is 6.54 Å². The van der Waals surface area contributed by atoms with E-state index in [4.69, 9.17) is 0 Å². The van der Waals surface area contributed by atoms with Gasteiger partial charge < -0.3 is 0 Å². The highest BCUT2D eigenvalue weighted by Crippen LogP contribution is 1.98. The Kier molecular flexibility index (Phi) is 2.45. The van der Waals surface area contributed by atoms with Crippen LogP contribution in [0.25, 0.3) is 0 Å². The van der Waals surface area contributed by atoms with E-state index in [2.05, 4.69) is 10.2 Å². The summed E-state index contributed by atoms with van der Waals surface area (Å²) in [6.07, 6.45) is 1.32. The van der Waals surface area contributed by atoms with Crippen molar-refractivity contribution in [1.29, 1.82) is 0 Å². The first-order valence-electron chi connectivity index (χ1n) is 4.45. The van der Waals surface area contributed by atoms with E-state index in [0.29, 0.717) is 6.54 Å². The molecule has 0 saturated carbocycles. The van der Waals surface area contributed by atoms with Gasteiger partial charge in [-0.1, -0.05) is 30.3 Å². The van der Waals surface area contributed by atoms with Crippen molar-refractivity contribution in [2.75, 3.05) is 0 Å². The van der Waals surface area contributed by atoms with E-state index in [-0.39, 0.29) is 0 Å². The van der Waals surface area contributed by atoms with E-state index >= 15 is 0 Å². The summed E-state index contributed by atoms with van der Waals surface area (Å²) in [4.78, 5) is 22.3. The molecular weight excluding hydrogens is 194 g/mol. The number of aromatic nitrogens is 3. The summed E-state index contributed by atoms with van der Waals surface area (Å²) in [7, 11) is 0. The highest BCUT2D eigenvalue weighted by Gasteiger charge is 2.00. The van der Waals surface area contributed by atoms with Gasteiger partial charge in [0.25, 0.3) is 0 Å². The molecule has 2 aromatic rings. The number of nitrogens with one attached hydrogen (secondary N) is 1. The Morgan fingerprint density at radius 1 is 1.20 bits per heavy atom. The van der Waals surface area contributed by atoms with Crippen LogP contribution in [0.4, 0.5) is 0 Å². The van der Waals surface area contributed by atoms with Gasteiger partial charge in [-0.2, -0.15) is 5.10 Å². The van der Waals surface area contributed by atoms with Crippen LogP contribution >= 0.6 is 0 Å². The molecular formula is C10H9N3O2. The summed E-state index contributed by atoms with van der Waals surface area (Å²) in [5, 5.41) is 5.65. The van der Waals surface area contributed by atoms with E-state index in [1.54, 1.807) is 0 Å². The lowest BCUT2D eigenvalue weighted by Gasteiger charge is -2.02. The molecule has 5 nitrogen and oxygen atoms in total. The van der Waals surface area contributed by atoms with Crippen molar-refractivity contribution in [3.05, 3.63) is 62.9 Å². The van der Waals surface area contributed by atoms with E-state index in [1.807, 2.05) is 30.3 Å². The maximum Gasteiger partial charge on any atom is 0.330 e. The number of hydrogen-bond donors (Lipinski definition) is 1. The predicted molar refractivity (Wildman–Crippen MR) is 54.7 cm³/mol. The normalized spacial score (nSPS) is 10.1. The molecule has 15 heavy (non-hydrogen) atoms. The molecule has 0 aliphatic carbocycles. The number of nitrogens with zero attached hydrogens (tertiary/aromatic N) is 2. The quantitative estimate of drug-likeness (QED) is 0.697. The predicted octanol–water partition coefficient (Wildman–Crippen LogP) is -0.0201. The highest BCUT2D eigenvalue weighted by atomic mass is 16.2. The number of rotatable bonds is 2. The lowest BCUT2D eigenvalue weighted by atomic mass is 10.2. The van der Waals surface area contributed by atoms with Gasteiger partial charge in [0, 0.05) is 0 Å². The van der Waals surface area contributed by atoms with Crippen LogP contribution in [-0.4, -0.2) is 14.8 Å². The summed E-state index contributed by atoms with van der Waals surface area (Å²) in [6.45, 7) is 0.358. The second-order valence-electron chi connectivity index (χ2n) is 3.10. The third-order valence-electron chi connectivity index (χ3n) is 2.01. The maximum atomic E-state index is 11.4. The van der Waals surface area contributed by atoms with Gasteiger partial charge in [0.2, 0.25) is 0 Å². The number of hydrogen-bond acceptors (Lipinski definition) is 3. The van der Waals surface area contributed by atoms with Crippen LogP contribution in [0.15, 0.2) is 46.2 Å². The molecule has 2 rings (SSSR count). The van der Waals surface area contributed by atoms with Crippen LogP contribution in [-0.2, 0) is 6.54 Å². The largest absolute Gasteiger partial charge is 0.330 e. The van der Waals surface area contributed by atoms with Crippen molar-refractivity contribution < 1.29 is 0 Å². The second kappa shape index (κ2) is 3.91. The average molecular weight is 203 g/mol. The Morgan fingerprint density at radius 3 is 2.67 bits per heavy atom. The first kappa shape index (κ1) is 9.39. The van der Waals surface area contributed by atoms with Crippen molar-refractivity contribution in [3.63, 3.8) is 0 Å². The summed E-state index contributed by atoms with van der Waals surface area (Å²) in [6, 6.07) is 9.41. The van der Waals surface area contributed by atoms with Crippen LogP contribution in [0.2, 0.25) is 0 Å². The fourth-order valence-electron chi connectivity index (χ4n) is 1.28. The van der Waals surface area contributed by atoms with Gasteiger partial charge in [-0.15, -0.1) is 0 Å². The van der Waals surface area contributed by atoms with Crippen LogP contribution in [0.1, 0.15) is 5.56 Å². The zero-order valence-electron chi connectivity index (χ0n) is 7.88. The molecule has 0 aliphatic rings. The monoisotopic (exact) mass is 203 g/mol. The fourth-order valence-corrected chi connectivity index (χ4v) is 1.28. The minimum Gasteiger partial charge on any atom is -0.289 e. The van der Waals surface area contributed by atoms with E-state index in [9.17, 15) is 9.59 Å². The minimum atomic E-state index is -0.701. The summed E-state index contributed by atoms with van der Waals surface area (Å²) >= 11 is 0. The molecule has 0 unspecified atom stereocenters. The highest BCUT2D eigenvalue weighted by molar-refractivity contribution is 5.14. The van der Waals surface area contributed by atoms with Crippen molar-refractivity contribution >= 4 is 0 Å². The Labute approximate surface area is 85.0 Å². The Hall–Kier alpha value is -2.17. The smallest absolute Gasteiger partial charge is 0.289 e. The molecule has 0 radical (unpaired) electrons. The van der Waals surface area contributed by atoms with E-state index in [0.717, 1.165) is 5.56 Å². The fraction of sp³-hybridized carbons (Fsp3) is 0.100. The van der Waals surface area contributed by atoms with Crippen molar-refractivity contribution in [2.45, 2.75) is 6.54 Å². The summed E-state index contributed by atoms with van der Waals surface area (Å²) < 4.78 is 1.27. The minimum absolute atomic E-state index is 0.358. The van der Waals surface area contributed by atoms with Gasteiger partial charge in [0.1, 0.15) is 6.33 Å². The average Bonchev–Trinajstić information content (AvgIpc) is 2.26. The van der Waals surface area contributed by atoms with Gasteiger partial charge in [0.15, 0.2) is 0 Å². The molecule has 1 heterocycles. The molecule has 1 aromatic carbocycles. The van der Waals surface area contributed by atoms with Crippen molar-refractivity contribution in [3.8, 4) is 0 Å². The third kappa shape index (κ3) is 2.01. The summed E-state index contributed by atoms with van der Waals surface area (Å²) in [5.74, 6) is 0. The molecule has 0 aliphatic heterocycles. The molecule has 0 saturated heterocycles. The van der Waals surface area contributed by atoms with Gasteiger partial charge in [-0.25, -0.2) is 5.10 Å². The van der Waals surface area contributed by atoms with Crippen LogP contribution in [0.3, 0.4) is 0 Å². The maximum absolute atomic E-state index is 11.4. The molecule has 1 aromatic heterocycles. The number of benzene rings is 1. The van der Waals surface area contributed by atoms with Gasteiger partial charge >= 0.3 is 11.1 Å². The standard InChI is InChI=1S/C10H9N3O2/c14-9-10(15)13(7-11-12-9)6-8-4-2-1-3-5-8/h1-5,7H,6H2,(H,12,14). The van der Waals surface area contributed by atoms with Crippen LogP contribution in [0, 0.1) is 0 Å². The molecule has 0 bridgehead atoms. The Bertz CT molecular complexity index is 557. The molecule has 1 N–H and O–H groups in total. The topological polar surface area (TPSA) is 67.8 Å². The molecule has 76 valence electrons. The summed E-state index contributed by atoms with van der Waals surface area (Å²) in [5.41, 5.74) is -0.339. The third-order valence-corrected chi connectivity index (χ3v) is 2.01. The first-order valence-corrected chi connectivity index (χ1v) is 4.45. The molecule has 0 fully saturated rings. The van der Waals surface area contributed by atoms with E-state index < -0.39 is 11.1 Å². The number of H-pyrrole nitrogens is 1. The Morgan fingerprint density at radius 2 is 1.93 bits per heavy atom.